The van der Waals surface area contributed by atoms with Gasteiger partial charge in [-0.15, -0.1) is 0 Å². The van der Waals surface area contributed by atoms with Gasteiger partial charge in [0.25, 0.3) is 0 Å². The predicted molar refractivity (Wildman–Crippen MR) is 84.4 cm³/mol. The molecule has 114 valence electrons. The van der Waals surface area contributed by atoms with E-state index in [-0.39, 0.29) is 17.0 Å². The van der Waals surface area contributed by atoms with Gasteiger partial charge in [0.1, 0.15) is 5.82 Å². The summed E-state index contributed by atoms with van der Waals surface area (Å²) in [4.78, 5) is 0.236. The lowest BCUT2D eigenvalue weighted by molar-refractivity contribution is 0.585. The Labute approximate surface area is 130 Å². The van der Waals surface area contributed by atoms with Crippen molar-refractivity contribution in [1.29, 1.82) is 0 Å². The molecule has 3 nitrogen and oxygen atoms in total. The number of sulfonamides is 1. The Bertz CT molecular complexity index is 848. The summed E-state index contributed by atoms with van der Waals surface area (Å²) in [5.41, 5.74) is 1.78. The molecule has 0 saturated heterocycles. The zero-order chi connectivity index (χ0) is 16.2. The molecule has 0 unspecified atom stereocenters. The lowest BCUT2D eigenvalue weighted by atomic mass is 10.2. The second-order valence-corrected chi connectivity index (χ2v) is 6.61. The molecule has 2 rings (SSSR count). The molecule has 2 aromatic carbocycles. The van der Waals surface area contributed by atoms with E-state index in [9.17, 15) is 12.8 Å². The Hall–Kier alpha value is -2.16. The van der Waals surface area contributed by atoms with E-state index in [2.05, 4.69) is 16.6 Å². The van der Waals surface area contributed by atoms with Gasteiger partial charge in [0.15, 0.2) is 0 Å². The summed E-state index contributed by atoms with van der Waals surface area (Å²) in [5.74, 6) is 4.81. The maximum atomic E-state index is 13.4. The number of aryl methyl sites for hydroxylation is 2. The first kappa shape index (κ1) is 16.2. The van der Waals surface area contributed by atoms with Crippen molar-refractivity contribution in [2.75, 3.05) is 6.54 Å². The van der Waals surface area contributed by atoms with Crippen LogP contribution in [0.25, 0.3) is 0 Å². The number of halogens is 1. The van der Waals surface area contributed by atoms with Crippen LogP contribution in [0.2, 0.25) is 0 Å². The first-order valence-corrected chi connectivity index (χ1v) is 8.19. The zero-order valence-corrected chi connectivity index (χ0v) is 13.2. The Kier molecular flexibility index (Phi) is 4.96. The topological polar surface area (TPSA) is 46.2 Å². The summed E-state index contributed by atoms with van der Waals surface area (Å²) in [6.45, 7) is 3.49. The van der Waals surface area contributed by atoms with Gasteiger partial charge in [0.05, 0.1) is 17.0 Å². The third kappa shape index (κ3) is 3.94. The van der Waals surface area contributed by atoms with Gasteiger partial charge in [0.2, 0.25) is 10.0 Å². The van der Waals surface area contributed by atoms with Crippen LogP contribution in [0, 0.1) is 31.5 Å². The summed E-state index contributed by atoms with van der Waals surface area (Å²) in [6.07, 6.45) is 0. The predicted octanol–water partition coefficient (Wildman–Crippen LogP) is 2.77. The van der Waals surface area contributed by atoms with E-state index in [1.54, 1.807) is 37.3 Å². The molecule has 0 amide bonds. The monoisotopic (exact) mass is 317 g/mol. The third-order valence-corrected chi connectivity index (χ3v) is 4.62. The van der Waals surface area contributed by atoms with E-state index in [1.165, 1.54) is 6.07 Å². The fourth-order valence-corrected chi connectivity index (χ4v) is 3.16. The molecule has 0 fully saturated rings. The Balaban J connectivity index is 2.12. The molecular weight excluding hydrogens is 301 g/mol. The van der Waals surface area contributed by atoms with Crippen LogP contribution >= 0.6 is 0 Å². The van der Waals surface area contributed by atoms with Crippen molar-refractivity contribution in [1.82, 2.24) is 4.72 Å². The normalized spacial score (nSPS) is 10.9. The number of hydrogen-bond donors (Lipinski definition) is 1. The molecule has 0 aliphatic rings. The van der Waals surface area contributed by atoms with Gasteiger partial charge in [-0.1, -0.05) is 36.1 Å². The minimum absolute atomic E-state index is 0.0793. The maximum absolute atomic E-state index is 13.4. The molecule has 2 aromatic rings. The third-order valence-electron chi connectivity index (χ3n) is 3.08. The van der Waals surface area contributed by atoms with Crippen LogP contribution in [0.5, 0.6) is 0 Å². The highest BCUT2D eigenvalue weighted by atomic mass is 32.2. The van der Waals surface area contributed by atoms with Crippen LogP contribution in [0.3, 0.4) is 0 Å². The smallest absolute Gasteiger partial charge is 0.207 e. The van der Waals surface area contributed by atoms with Crippen LogP contribution in [0.4, 0.5) is 4.39 Å². The van der Waals surface area contributed by atoms with Gasteiger partial charge < -0.3 is 0 Å². The van der Waals surface area contributed by atoms with Gasteiger partial charge in [-0.2, -0.15) is 4.72 Å². The second-order valence-electron chi connectivity index (χ2n) is 4.88. The van der Waals surface area contributed by atoms with Crippen LogP contribution in [-0.4, -0.2) is 15.0 Å². The van der Waals surface area contributed by atoms with Crippen LogP contribution < -0.4 is 4.72 Å². The molecule has 0 aliphatic carbocycles. The number of benzene rings is 2. The highest BCUT2D eigenvalue weighted by Crippen LogP contribution is 2.16. The number of nitrogens with one attached hydrogen (secondary N) is 1. The summed E-state index contributed by atoms with van der Waals surface area (Å²) in [5, 5.41) is 0. The Morgan fingerprint density at radius 1 is 1.14 bits per heavy atom. The van der Waals surface area contributed by atoms with Crippen molar-refractivity contribution < 1.29 is 12.8 Å². The quantitative estimate of drug-likeness (QED) is 0.885. The Morgan fingerprint density at radius 2 is 1.86 bits per heavy atom. The molecule has 0 atom stereocenters. The van der Waals surface area contributed by atoms with Crippen molar-refractivity contribution in [3.8, 4) is 11.8 Å². The molecule has 0 radical (unpaired) electrons. The summed E-state index contributed by atoms with van der Waals surface area (Å²) < 4.78 is 40.2. The minimum Gasteiger partial charge on any atom is -0.207 e. The molecule has 0 aliphatic heterocycles. The van der Waals surface area contributed by atoms with Gasteiger partial charge in [-0.25, -0.2) is 12.8 Å². The summed E-state index contributed by atoms with van der Waals surface area (Å²) >= 11 is 0. The van der Waals surface area contributed by atoms with Gasteiger partial charge in [-0.3, -0.25) is 0 Å². The van der Waals surface area contributed by atoms with E-state index >= 15 is 0 Å². The second kappa shape index (κ2) is 6.73. The van der Waals surface area contributed by atoms with Crippen molar-refractivity contribution in [2.24, 2.45) is 0 Å². The zero-order valence-electron chi connectivity index (χ0n) is 12.4. The van der Waals surface area contributed by atoms with Crippen LogP contribution in [-0.2, 0) is 10.0 Å². The van der Waals surface area contributed by atoms with E-state index in [0.717, 1.165) is 5.56 Å². The molecule has 5 heteroatoms. The molecule has 22 heavy (non-hydrogen) atoms. The fraction of sp³-hybridized carbons (Fsp3) is 0.176. The SMILES string of the molecule is Cc1ccc(C)c(S(=O)(=O)NCC#Cc2ccccc2F)c1. The highest BCUT2D eigenvalue weighted by molar-refractivity contribution is 7.89. The van der Waals surface area contributed by atoms with E-state index in [0.29, 0.717) is 5.56 Å². The van der Waals surface area contributed by atoms with Crippen molar-refractivity contribution in [2.45, 2.75) is 18.7 Å². The molecule has 0 bridgehead atoms. The largest absolute Gasteiger partial charge is 0.241 e. The van der Waals surface area contributed by atoms with Crippen molar-refractivity contribution in [3.05, 3.63) is 65.0 Å². The van der Waals surface area contributed by atoms with Crippen LogP contribution in [0.1, 0.15) is 16.7 Å². The molecule has 0 saturated carbocycles. The van der Waals surface area contributed by atoms with Gasteiger partial charge >= 0.3 is 0 Å². The Morgan fingerprint density at radius 3 is 2.59 bits per heavy atom. The maximum Gasteiger partial charge on any atom is 0.241 e. The summed E-state index contributed by atoms with van der Waals surface area (Å²) in [6, 6.07) is 11.3. The van der Waals surface area contributed by atoms with Crippen molar-refractivity contribution in [3.63, 3.8) is 0 Å². The first-order valence-electron chi connectivity index (χ1n) is 6.70. The molecule has 1 N–H and O–H groups in total. The highest BCUT2D eigenvalue weighted by Gasteiger charge is 2.15. The van der Waals surface area contributed by atoms with E-state index in [4.69, 9.17) is 0 Å². The molecule has 0 heterocycles. The number of hydrogen-bond acceptors (Lipinski definition) is 2. The lowest BCUT2D eigenvalue weighted by Crippen LogP contribution is -2.24. The fourth-order valence-electron chi connectivity index (χ4n) is 1.91. The van der Waals surface area contributed by atoms with Gasteiger partial charge in [-0.05, 0) is 43.2 Å². The average Bonchev–Trinajstić information content (AvgIpc) is 2.48. The molecule has 0 spiro atoms. The summed E-state index contributed by atoms with van der Waals surface area (Å²) in [7, 11) is -3.62. The molecule has 0 aromatic heterocycles. The average molecular weight is 317 g/mol. The number of rotatable bonds is 3. The lowest BCUT2D eigenvalue weighted by Gasteiger charge is -2.08. The van der Waals surface area contributed by atoms with E-state index in [1.807, 2.05) is 13.0 Å². The standard InChI is InChI=1S/C17H16FNO2S/c1-13-9-10-14(2)17(12-13)22(20,21)19-11-5-7-15-6-3-4-8-16(15)18/h3-4,6,8-10,12,19H,11H2,1-2H3. The molecular formula is C17H16FNO2S. The van der Waals surface area contributed by atoms with Gasteiger partial charge in [0, 0.05) is 0 Å². The first-order chi connectivity index (χ1) is 10.4. The van der Waals surface area contributed by atoms with Crippen LogP contribution in [0.15, 0.2) is 47.4 Å². The van der Waals surface area contributed by atoms with Crippen molar-refractivity contribution >= 4 is 10.0 Å². The van der Waals surface area contributed by atoms with E-state index < -0.39 is 15.8 Å². The minimum atomic E-state index is -3.62.